The standard InChI is InChI=1S/C18H28N2O2/c1-2-3-14-22-17-9-7-15(8-10-17)18(21)20-13-5-4-6-16(20)11-12-19/h7-10,16H,2-6,11-14,19H2,1H3. The zero-order valence-electron chi connectivity index (χ0n) is 13.6. The lowest BCUT2D eigenvalue weighted by molar-refractivity contribution is 0.0605. The van der Waals surface area contributed by atoms with Crippen LogP contribution in [0.3, 0.4) is 0 Å². The molecule has 122 valence electrons. The van der Waals surface area contributed by atoms with Crippen LogP contribution >= 0.6 is 0 Å². The SMILES string of the molecule is CCCCOc1ccc(C(=O)N2CCCCC2CCN)cc1. The first kappa shape index (κ1) is 16.8. The Balaban J connectivity index is 1.98. The van der Waals surface area contributed by atoms with E-state index in [1.807, 2.05) is 29.2 Å². The molecule has 4 heteroatoms. The Labute approximate surface area is 133 Å². The smallest absolute Gasteiger partial charge is 0.254 e. The number of carbonyl (C=O) groups excluding carboxylic acids is 1. The number of amides is 1. The number of piperidine rings is 1. The molecule has 2 N–H and O–H groups in total. The number of carbonyl (C=O) groups is 1. The third-order valence-electron chi connectivity index (χ3n) is 4.26. The maximum Gasteiger partial charge on any atom is 0.254 e. The molecule has 1 heterocycles. The molecule has 0 aliphatic carbocycles. The zero-order chi connectivity index (χ0) is 15.8. The van der Waals surface area contributed by atoms with Gasteiger partial charge in [-0.2, -0.15) is 0 Å². The van der Waals surface area contributed by atoms with E-state index >= 15 is 0 Å². The molecule has 1 saturated heterocycles. The maximum absolute atomic E-state index is 12.7. The van der Waals surface area contributed by atoms with Gasteiger partial charge in [0.25, 0.3) is 5.91 Å². The van der Waals surface area contributed by atoms with Gasteiger partial charge in [-0.1, -0.05) is 13.3 Å². The lowest BCUT2D eigenvalue weighted by Crippen LogP contribution is -2.44. The van der Waals surface area contributed by atoms with Gasteiger partial charge in [-0.25, -0.2) is 0 Å². The molecule has 22 heavy (non-hydrogen) atoms. The molecule has 1 amide bonds. The van der Waals surface area contributed by atoms with Crippen molar-refractivity contribution >= 4 is 5.91 Å². The molecule has 1 unspecified atom stereocenters. The summed E-state index contributed by atoms with van der Waals surface area (Å²) in [4.78, 5) is 14.7. The van der Waals surface area contributed by atoms with Crippen molar-refractivity contribution in [2.24, 2.45) is 5.73 Å². The van der Waals surface area contributed by atoms with E-state index in [-0.39, 0.29) is 5.91 Å². The highest BCUT2D eigenvalue weighted by atomic mass is 16.5. The van der Waals surface area contributed by atoms with Crippen molar-refractivity contribution in [1.29, 1.82) is 0 Å². The first-order chi connectivity index (χ1) is 10.8. The van der Waals surface area contributed by atoms with E-state index in [1.165, 1.54) is 6.42 Å². The van der Waals surface area contributed by atoms with Crippen molar-refractivity contribution in [2.75, 3.05) is 19.7 Å². The van der Waals surface area contributed by atoms with Gasteiger partial charge < -0.3 is 15.4 Å². The second-order valence-electron chi connectivity index (χ2n) is 5.95. The summed E-state index contributed by atoms with van der Waals surface area (Å²) in [7, 11) is 0. The first-order valence-corrected chi connectivity index (χ1v) is 8.50. The highest BCUT2D eigenvalue weighted by Gasteiger charge is 2.26. The summed E-state index contributed by atoms with van der Waals surface area (Å²) in [5, 5.41) is 0. The van der Waals surface area contributed by atoms with Gasteiger partial charge in [0.15, 0.2) is 0 Å². The summed E-state index contributed by atoms with van der Waals surface area (Å²) in [6, 6.07) is 7.83. The quantitative estimate of drug-likeness (QED) is 0.787. The van der Waals surface area contributed by atoms with E-state index in [0.29, 0.717) is 12.6 Å². The highest BCUT2D eigenvalue weighted by Crippen LogP contribution is 2.22. The molecule has 1 atom stereocenters. The predicted octanol–water partition coefficient (Wildman–Crippen LogP) is 3.21. The van der Waals surface area contributed by atoms with Gasteiger partial charge in [-0.15, -0.1) is 0 Å². The van der Waals surface area contributed by atoms with E-state index in [9.17, 15) is 4.79 Å². The molecular weight excluding hydrogens is 276 g/mol. The van der Waals surface area contributed by atoms with Crippen LogP contribution in [-0.2, 0) is 0 Å². The third kappa shape index (κ3) is 4.47. The van der Waals surface area contributed by atoms with Crippen molar-refractivity contribution in [2.45, 2.75) is 51.5 Å². The molecule has 0 aromatic heterocycles. The number of hydrogen-bond donors (Lipinski definition) is 1. The topological polar surface area (TPSA) is 55.6 Å². The van der Waals surface area contributed by atoms with Gasteiger partial charge in [-0.05, 0) is 62.9 Å². The van der Waals surface area contributed by atoms with Crippen LogP contribution in [0.15, 0.2) is 24.3 Å². The molecule has 1 fully saturated rings. The van der Waals surface area contributed by atoms with Crippen LogP contribution in [0.1, 0.15) is 55.8 Å². The molecular formula is C18H28N2O2. The minimum absolute atomic E-state index is 0.123. The molecule has 1 aromatic carbocycles. The van der Waals surface area contributed by atoms with E-state index in [4.69, 9.17) is 10.5 Å². The monoisotopic (exact) mass is 304 g/mol. The van der Waals surface area contributed by atoms with Crippen LogP contribution in [0, 0.1) is 0 Å². The van der Waals surface area contributed by atoms with Crippen molar-refractivity contribution in [3.63, 3.8) is 0 Å². The van der Waals surface area contributed by atoms with E-state index in [2.05, 4.69) is 6.92 Å². The first-order valence-electron chi connectivity index (χ1n) is 8.50. The second kappa shape index (κ2) is 8.79. The average Bonchev–Trinajstić information content (AvgIpc) is 2.56. The van der Waals surface area contributed by atoms with Gasteiger partial charge in [0.2, 0.25) is 0 Å². The minimum atomic E-state index is 0.123. The molecule has 1 aromatic rings. The van der Waals surface area contributed by atoms with Gasteiger partial charge in [-0.3, -0.25) is 4.79 Å². The van der Waals surface area contributed by atoms with Gasteiger partial charge in [0.1, 0.15) is 5.75 Å². The van der Waals surface area contributed by atoms with Crippen molar-refractivity contribution in [3.05, 3.63) is 29.8 Å². The normalized spacial score (nSPS) is 18.3. The molecule has 2 rings (SSSR count). The Kier molecular flexibility index (Phi) is 6.72. The Bertz CT molecular complexity index is 457. The summed E-state index contributed by atoms with van der Waals surface area (Å²) >= 11 is 0. The number of nitrogens with zero attached hydrogens (tertiary/aromatic N) is 1. The highest BCUT2D eigenvalue weighted by molar-refractivity contribution is 5.94. The van der Waals surface area contributed by atoms with Gasteiger partial charge >= 0.3 is 0 Å². The Morgan fingerprint density at radius 1 is 1.32 bits per heavy atom. The second-order valence-corrected chi connectivity index (χ2v) is 5.95. The number of rotatable bonds is 7. The number of unbranched alkanes of at least 4 members (excludes halogenated alkanes) is 1. The minimum Gasteiger partial charge on any atom is -0.494 e. The van der Waals surface area contributed by atoms with Crippen molar-refractivity contribution < 1.29 is 9.53 Å². The fourth-order valence-corrected chi connectivity index (χ4v) is 2.95. The zero-order valence-corrected chi connectivity index (χ0v) is 13.6. The predicted molar refractivity (Wildman–Crippen MR) is 89.2 cm³/mol. The van der Waals surface area contributed by atoms with Crippen LogP contribution in [-0.4, -0.2) is 36.5 Å². The summed E-state index contributed by atoms with van der Waals surface area (Å²) in [6.45, 7) is 4.35. The van der Waals surface area contributed by atoms with Crippen LogP contribution < -0.4 is 10.5 Å². The summed E-state index contributed by atoms with van der Waals surface area (Å²) in [5.41, 5.74) is 6.43. The van der Waals surface area contributed by atoms with Gasteiger partial charge in [0.05, 0.1) is 6.61 Å². The van der Waals surface area contributed by atoms with E-state index in [1.54, 1.807) is 0 Å². The van der Waals surface area contributed by atoms with Crippen LogP contribution in [0.5, 0.6) is 5.75 Å². The Morgan fingerprint density at radius 2 is 2.09 bits per heavy atom. The fraction of sp³-hybridized carbons (Fsp3) is 0.611. The number of likely N-dealkylation sites (tertiary alicyclic amines) is 1. The summed E-state index contributed by atoms with van der Waals surface area (Å²) in [6.07, 6.45) is 6.41. The number of nitrogens with two attached hydrogens (primary N) is 1. The molecule has 0 bridgehead atoms. The summed E-state index contributed by atoms with van der Waals surface area (Å²) < 4.78 is 5.64. The molecule has 4 nitrogen and oxygen atoms in total. The summed E-state index contributed by atoms with van der Waals surface area (Å²) in [5.74, 6) is 0.959. The van der Waals surface area contributed by atoms with Crippen molar-refractivity contribution in [1.82, 2.24) is 4.90 Å². The van der Waals surface area contributed by atoms with E-state index in [0.717, 1.165) is 56.6 Å². The van der Waals surface area contributed by atoms with Gasteiger partial charge in [0, 0.05) is 18.2 Å². The molecule has 0 saturated carbocycles. The fourth-order valence-electron chi connectivity index (χ4n) is 2.95. The van der Waals surface area contributed by atoms with Crippen molar-refractivity contribution in [3.8, 4) is 5.75 Å². The average molecular weight is 304 g/mol. The van der Waals surface area contributed by atoms with Crippen LogP contribution in [0.2, 0.25) is 0 Å². The lowest BCUT2D eigenvalue weighted by atomic mass is 9.98. The lowest BCUT2D eigenvalue weighted by Gasteiger charge is -2.35. The van der Waals surface area contributed by atoms with Crippen LogP contribution in [0.25, 0.3) is 0 Å². The number of benzene rings is 1. The molecule has 1 aliphatic rings. The largest absolute Gasteiger partial charge is 0.494 e. The Hall–Kier alpha value is -1.55. The van der Waals surface area contributed by atoms with E-state index < -0.39 is 0 Å². The molecule has 0 spiro atoms. The number of ether oxygens (including phenoxy) is 1. The number of hydrogen-bond acceptors (Lipinski definition) is 3. The third-order valence-corrected chi connectivity index (χ3v) is 4.26. The Morgan fingerprint density at radius 3 is 2.77 bits per heavy atom. The maximum atomic E-state index is 12.7. The van der Waals surface area contributed by atoms with Crippen LogP contribution in [0.4, 0.5) is 0 Å². The molecule has 0 radical (unpaired) electrons. The molecule has 1 aliphatic heterocycles.